The van der Waals surface area contributed by atoms with Crippen LogP contribution in [0.4, 0.5) is 0 Å². The van der Waals surface area contributed by atoms with Crippen LogP contribution in [0, 0.1) is 17.8 Å². The maximum atomic E-state index is 12.9. The molecule has 0 saturated heterocycles. The smallest absolute Gasteiger partial charge is 0.326 e. The summed E-state index contributed by atoms with van der Waals surface area (Å²) in [6.07, 6.45) is -0.179. The summed E-state index contributed by atoms with van der Waals surface area (Å²) < 4.78 is 0. The van der Waals surface area contributed by atoms with Gasteiger partial charge < -0.3 is 31.9 Å². The molecule has 0 aromatic rings. The molecule has 0 aromatic carbocycles. The lowest BCUT2D eigenvalue weighted by Gasteiger charge is -2.28. The van der Waals surface area contributed by atoms with Crippen LogP contribution in [0.15, 0.2) is 0 Å². The van der Waals surface area contributed by atoms with Crippen LogP contribution in [-0.4, -0.2) is 64.0 Å². The first-order chi connectivity index (χ1) is 14.7. The zero-order valence-electron chi connectivity index (χ0n) is 19.7. The van der Waals surface area contributed by atoms with Gasteiger partial charge in [-0.05, 0) is 24.2 Å². The summed E-state index contributed by atoms with van der Waals surface area (Å²) >= 11 is 0. The zero-order valence-corrected chi connectivity index (χ0v) is 19.7. The van der Waals surface area contributed by atoms with Crippen molar-refractivity contribution in [1.29, 1.82) is 0 Å². The van der Waals surface area contributed by atoms with Crippen molar-refractivity contribution in [3.05, 3.63) is 0 Å². The van der Waals surface area contributed by atoms with Crippen molar-refractivity contribution in [3.63, 3.8) is 0 Å². The third-order valence-electron chi connectivity index (χ3n) is 5.32. The molecule has 0 heterocycles. The summed E-state index contributed by atoms with van der Waals surface area (Å²) in [7, 11) is 0. The molecule has 11 heteroatoms. The van der Waals surface area contributed by atoms with Gasteiger partial charge in [-0.25, -0.2) is 4.79 Å². The Morgan fingerprint density at radius 3 is 1.72 bits per heavy atom. The minimum atomic E-state index is -1.29. The lowest BCUT2D eigenvalue weighted by Crippen LogP contribution is -2.59. The van der Waals surface area contributed by atoms with E-state index >= 15 is 0 Å². The summed E-state index contributed by atoms with van der Waals surface area (Å²) in [5.41, 5.74) is 5.83. The lowest BCUT2D eigenvalue weighted by molar-refractivity contribution is -0.144. The van der Waals surface area contributed by atoms with Crippen molar-refractivity contribution >= 4 is 29.7 Å². The average molecular weight is 459 g/mol. The molecule has 5 atom stereocenters. The third-order valence-corrected chi connectivity index (χ3v) is 5.32. The van der Waals surface area contributed by atoms with E-state index in [1.807, 2.05) is 0 Å². The van der Waals surface area contributed by atoms with Crippen LogP contribution in [0.25, 0.3) is 0 Å². The molecule has 0 radical (unpaired) electrons. The Morgan fingerprint density at radius 1 is 0.781 bits per heavy atom. The molecule has 0 rings (SSSR count). The Kier molecular flexibility index (Phi) is 12.5. The number of hydrogen-bond donors (Lipinski definition) is 6. The van der Waals surface area contributed by atoms with E-state index in [0.717, 1.165) is 0 Å². The van der Waals surface area contributed by atoms with Gasteiger partial charge in [-0.15, -0.1) is 0 Å². The fourth-order valence-electron chi connectivity index (χ4n) is 2.82. The number of amides is 3. The summed E-state index contributed by atoms with van der Waals surface area (Å²) in [6.45, 7) is 10.3. The number of nitrogens with one attached hydrogen (secondary N) is 3. The maximum absolute atomic E-state index is 12.9. The Bertz CT molecular complexity index is 681. The predicted molar refractivity (Wildman–Crippen MR) is 117 cm³/mol. The highest BCUT2D eigenvalue weighted by molar-refractivity contribution is 5.94. The van der Waals surface area contributed by atoms with E-state index < -0.39 is 60.2 Å². The number of carbonyl (C=O) groups excluding carboxylic acids is 3. The fraction of sp³-hybridized carbons (Fsp3) is 0.762. The normalized spacial score (nSPS) is 15.9. The van der Waals surface area contributed by atoms with Gasteiger partial charge in [0.05, 0.1) is 6.04 Å². The van der Waals surface area contributed by atoms with E-state index in [9.17, 15) is 29.1 Å². The van der Waals surface area contributed by atoms with Crippen molar-refractivity contribution in [2.45, 2.75) is 85.0 Å². The summed E-state index contributed by atoms with van der Waals surface area (Å²) in [4.78, 5) is 60.5. The van der Waals surface area contributed by atoms with Gasteiger partial charge in [-0.3, -0.25) is 19.2 Å². The largest absolute Gasteiger partial charge is 0.481 e. The van der Waals surface area contributed by atoms with Gasteiger partial charge in [0.2, 0.25) is 17.7 Å². The van der Waals surface area contributed by atoms with Crippen LogP contribution in [0.1, 0.15) is 60.8 Å². The minimum absolute atomic E-state index is 0.159. The van der Waals surface area contributed by atoms with Gasteiger partial charge in [0.1, 0.15) is 18.1 Å². The van der Waals surface area contributed by atoms with Crippen molar-refractivity contribution in [2.24, 2.45) is 23.5 Å². The van der Waals surface area contributed by atoms with Crippen LogP contribution < -0.4 is 21.7 Å². The summed E-state index contributed by atoms with van der Waals surface area (Å²) in [5, 5.41) is 25.8. The number of hydrogen-bond acceptors (Lipinski definition) is 6. The molecule has 0 saturated carbocycles. The van der Waals surface area contributed by atoms with Gasteiger partial charge in [0.25, 0.3) is 0 Å². The van der Waals surface area contributed by atoms with E-state index in [2.05, 4.69) is 16.0 Å². The molecule has 0 aromatic heterocycles. The van der Waals surface area contributed by atoms with Gasteiger partial charge in [0, 0.05) is 6.42 Å². The molecule has 0 bridgehead atoms. The molecule has 3 amide bonds. The number of rotatable bonds is 14. The molecule has 5 unspecified atom stereocenters. The lowest BCUT2D eigenvalue weighted by atomic mass is 9.98. The van der Waals surface area contributed by atoms with Crippen molar-refractivity contribution in [3.8, 4) is 0 Å². The Balaban J connectivity index is 5.57. The molecule has 0 aliphatic heterocycles. The molecule has 0 spiro atoms. The average Bonchev–Trinajstić information content (AvgIpc) is 2.70. The highest BCUT2D eigenvalue weighted by atomic mass is 16.4. The second kappa shape index (κ2) is 13.7. The van der Waals surface area contributed by atoms with E-state index in [1.165, 1.54) is 0 Å². The third kappa shape index (κ3) is 9.63. The summed E-state index contributed by atoms with van der Waals surface area (Å²) in [6, 6.07) is -4.33. The van der Waals surface area contributed by atoms with Crippen LogP contribution >= 0.6 is 0 Å². The van der Waals surface area contributed by atoms with Gasteiger partial charge in [-0.1, -0.05) is 48.0 Å². The number of aliphatic carboxylic acids is 2. The monoisotopic (exact) mass is 458 g/mol. The number of carbonyl (C=O) groups is 5. The first-order valence-electron chi connectivity index (χ1n) is 10.8. The van der Waals surface area contributed by atoms with Gasteiger partial charge in [0.15, 0.2) is 0 Å². The molecule has 0 aliphatic carbocycles. The molecular formula is C21H38N4O7. The number of nitrogens with two attached hydrogens (primary N) is 1. The van der Waals surface area contributed by atoms with Crippen LogP contribution in [0.3, 0.4) is 0 Å². The Hall–Kier alpha value is -2.69. The zero-order chi connectivity index (χ0) is 25.2. The van der Waals surface area contributed by atoms with E-state index in [0.29, 0.717) is 6.42 Å². The number of carboxylic acids is 2. The quantitative estimate of drug-likeness (QED) is 0.211. The van der Waals surface area contributed by atoms with Crippen LogP contribution in [-0.2, 0) is 24.0 Å². The second-order valence-electron chi connectivity index (χ2n) is 8.70. The highest BCUT2D eigenvalue weighted by Gasteiger charge is 2.33. The van der Waals surface area contributed by atoms with E-state index in [4.69, 9.17) is 10.8 Å². The molecule has 32 heavy (non-hydrogen) atoms. The molecule has 11 nitrogen and oxygen atoms in total. The van der Waals surface area contributed by atoms with Crippen molar-refractivity contribution < 1.29 is 34.2 Å². The fourth-order valence-corrected chi connectivity index (χ4v) is 2.82. The predicted octanol–water partition coefficient (Wildman–Crippen LogP) is 0.0756. The second-order valence-corrected chi connectivity index (χ2v) is 8.70. The van der Waals surface area contributed by atoms with Crippen LogP contribution in [0.2, 0.25) is 0 Å². The number of carboxylic acid groups (broad SMARTS) is 2. The van der Waals surface area contributed by atoms with E-state index in [-0.39, 0.29) is 24.2 Å². The molecular weight excluding hydrogens is 420 g/mol. The molecule has 184 valence electrons. The molecule has 7 N–H and O–H groups in total. The first-order valence-corrected chi connectivity index (χ1v) is 10.8. The van der Waals surface area contributed by atoms with Crippen molar-refractivity contribution in [2.75, 3.05) is 0 Å². The topological polar surface area (TPSA) is 188 Å². The maximum Gasteiger partial charge on any atom is 0.326 e. The van der Waals surface area contributed by atoms with Crippen LogP contribution in [0.5, 0.6) is 0 Å². The Labute approximate surface area is 188 Å². The van der Waals surface area contributed by atoms with E-state index in [1.54, 1.807) is 41.5 Å². The van der Waals surface area contributed by atoms with Gasteiger partial charge >= 0.3 is 11.9 Å². The van der Waals surface area contributed by atoms with Gasteiger partial charge in [-0.2, -0.15) is 0 Å². The minimum Gasteiger partial charge on any atom is -0.481 e. The Morgan fingerprint density at radius 2 is 1.31 bits per heavy atom. The first kappa shape index (κ1) is 29.3. The SMILES string of the molecule is CCC(C)C(NC(=O)C(CCC(=O)O)NC(=O)C(NC(=O)C(N)C(C)C)C(C)C)C(=O)O. The molecule has 0 aliphatic rings. The van der Waals surface area contributed by atoms with Crippen molar-refractivity contribution in [1.82, 2.24) is 16.0 Å². The molecule has 0 fully saturated rings. The summed E-state index contributed by atoms with van der Waals surface area (Å²) in [5.74, 6) is -5.32. The highest BCUT2D eigenvalue weighted by Crippen LogP contribution is 2.10. The standard InChI is InChI=1S/C21H38N4O7/c1-7-12(6)17(21(31)32)25-18(28)13(8-9-14(26)27)23-20(30)16(11(4)5)24-19(29)15(22)10(2)3/h10-13,15-17H,7-9,22H2,1-6H3,(H,23,30)(H,24,29)(H,25,28)(H,26,27)(H,31,32).